The fourth-order valence-corrected chi connectivity index (χ4v) is 3.02. The first-order chi connectivity index (χ1) is 11.5. The molecular formula is C17H20FNO5. The van der Waals surface area contributed by atoms with E-state index >= 15 is 0 Å². The van der Waals surface area contributed by atoms with E-state index in [0.717, 1.165) is 5.56 Å². The summed E-state index contributed by atoms with van der Waals surface area (Å²) in [5.74, 6) is -0.633. The van der Waals surface area contributed by atoms with Crippen molar-refractivity contribution in [3.8, 4) is 0 Å². The number of halogens is 1. The zero-order valence-electron chi connectivity index (χ0n) is 13.0. The first-order valence-electron chi connectivity index (χ1n) is 7.87. The third-order valence-corrected chi connectivity index (χ3v) is 4.42. The summed E-state index contributed by atoms with van der Waals surface area (Å²) in [7, 11) is 0. The highest BCUT2D eigenvalue weighted by Gasteiger charge is 2.34. The van der Waals surface area contributed by atoms with E-state index in [0.29, 0.717) is 19.7 Å². The second kappa shape index (κ2) is 6.98. The molecule has 1 aromatic carbocycles. The summed E-state index contributed by atoms with van der Waals surface area (Å²) in [6.07, 6.45) is -2.77. The van der Waals surface area contributed by atoms with Crippen molar-refractivity contribution in [1.29, 1.82) is 0 Å². The molecule has 2 aliphatic rings. The van der Waals surface area contributed by atoms with Crippen LogP contribution >= 0.6 is 0 Å². The molecule has 1 amide bonds. The Morgan fingerprint density at radius 1 is 1.21 bits per heavy atom. The van der Waals surface area contributed by atoms with Gasteiger partial charge in [-0.15, -0.1) is 0 Å². The number of amides is 1. The van der Waals surface area contributed by atoms with E-state index in [4.69, 9.17) is 4.74 Å². The summed E-state index contributed by atoms with van der Waals surface area (Å²) in [5.41, 5.74) is 1.06. The summed E-state index contributed by atoms with van der Waals surface area (Å²) < 4.78 is 18.7. The number of hydrogen-bond acceptors (Lipinski definition) is 5. The number of aliphatic hydroxyl groups is 3. The summed E-state index contributed by atoms with van der Waals surface area (Å²) >= 11 is 0. The smallest absolute Gasteiger partial charge is 0.249 e. The van der Waals surface area contributed by atoms with Crippen LogP contribution < -0.4 is 0 Å². The molecule has 1 aliphatic carbocycles. The van der Waals surface area contributed by atoms with Crippen molar-refractivity contribution in [2.75, 3.05) is 19.7 Å². The van der Waals surface area contributed by atoms with Gasteiger partial charge in [0.25, 0.3) is 0 Å². The third kappa shape index (κ3) is 3.49. The Morgan fingerprint density at radius 3 is 2.58 bits per heavy atom. The van der Waals surface area contributed by atoms with Crippen molar-refractivity contribution in [2.45, 2.75) is 30.8 Å². The summed E-state index contributed by atoms with van der Waals surface area (Å²) in [5, 5.41) is 29.0. The van der Waals surface area contributed by atoms with Crippen LogP contribution in [-0.2, 0) is 9.53 Å². The molecule has 7 heteroatoms. The minimum absolute atomic E-state index is 0.00433. The van der Waals surface area contributed by atoms with Crippen LogP contribution in [0.2, 0.25) is 0 Å². The Kier molecular flexibility index (Phi) is 4.96. The topological polar surface area (TPSA) is 90.2 Å². The molecule has 1 unspecified atom stereocenters. The molecule has 1 aliphatic heterocycles. The molecule has 3 rings (SSSR count). The molecule has 0 bridgehead atoms. The zero-order chi connectivity index (χ0) is 17.3. The molecule has 3 N–H and O–H groups in total. The predicted octanol–water partition coefficient (Wildman–Crippen LogP) is 0.138. The zero-order valence-corrected chi connectivity index (χ0v) is 13.0. The van der Waals surface area contributed by atoms with Gasteiger partial charge in [0.05, 0.1) is 19.3 Å². The number of benzene rings is 1. The molecule has 0 saturated carbocycles. The summed E-state index contributed by atoms with van der Waals surface area (Å²) in [6, 6.07) is 5.93. The third-order valence-electron chi connectivity index (χ3n) is 4.42. The van der Waals surface area contributed by atoms with Crippen molar-refractivity contribution in [3.05, 3.63) is 47.3 Å². The Morgan fingerprint density at radius 2 is 1.92 bits per heavy atom. The standard InChI is InChI=1S/C17H20FNO5/c18-12-3-1-10(2-4-12)15-9-19(5-6-24-15)17(23)11-7-13(20)16(22)14(21)8-11/h1-4,7,13-16,20-22H,5-6,8-9H2/t13-,14-,15?,16-/m1/s1. The molecule has 1 aromatic rings. The minimum Gasteiger partial charge on any atom is -0.390 e. The van der Waals surface area contributed by atoms with E-state index < -0.39 is 18.3 Å². The van der Waals surface area contributed by atoms with Crippen LogP contribution in [-0.4, -0.2) is 64.1 Å². The van der Waals surface area contributed by atoms with Crippen molar-refractivity contribution in [3.63, 3.8) is 0 Å². The average Bonchev–Trinajstić information content (AvgIpc) is 2.59. The van der Waals surface area contributed by atoms with Crippen LogP contribution in [0.4, 0.5) is 4.39 Å². The van der Waals surface area contributed by atoms with Crippen LogP contribution in [0.1, 0.15) is 18.1 Å². The molecular weight excluding hydrogens is 317 g/mol. The van der Waals surface area contributed by atoms with Gasteiger partial charge in [0, 0.05) is 18.5 Å². The fraction of sp³-hybridized carbons (Fsp3) is 0.471. The molecule has 1 saturated heterocycles. The van der Waals surface area contributed by atoms with Crippen molar-refractivity contribution in [2.24, 2.45) is 0 Å². The number of ether oxygens (including phenoxy) is 1. The summed E-state index contributed by atoms with van der Waals surface area (Å²) in [6.45, 7) is 1.04. The van der Waals surface area contributed by atoms with E-state index in [-0.39, 0.29) is 29.8 Å². The maximum absolute atomic E-state index is 13.0. The molecule has 6 nitrogen and oxygen atoms in total. The van der Waals surface area contributed by atoms with Gasteiger partial charge in [0.15, 0.2) is 0 Å². The number of morpholine rings is 1. The van der Waals surface area contributed by atoms with E-state index in [1.165, 1.54) is 18.2 Å². The number of hydrogen-bond donors (Lipinski definition) is 3. The lowest BCUT2D eigenvalue weighted by molar-refractivity contribution is -0.136. The molecule has 130 valence electrons. The lowest BCUT2D eigenvalue weighted by atomic mass is 9.91. The number of rotatable bonds is 2. The minimum atomic E-state index is -1.28. The lowest BCUT2D eigenvalue weighted by Gasteiger charge is -2.35. The second-order valence-corrected chi connectivity index (χ2v) is 6.11. The van der Waals surface area contributed by atoms with Gasteiger partial charge in [-0.05, 0) is 23.8 Å². The number of carbonyl (C=O) groups is 1. The first-order valence-corrected chi connectivity index (χ1v) is 7.87. The molecule has 0 spiro atoms. The van der Waals surface area contributed by atoms with E-state index in [9.17, 15) is 24.5 Å². The SMILES string of the molecule is O=C(C1=C[C@@H](O)[C@@H](O)[C@H](O)C1)N1CCOC(c2ccc(F)cc2)C1. The Labute approximate surface area is 138 Å². The highest BCUT2D eigenvalue weighted by molar-refractivity contribution is 5.94. The van der Waals surface area contributed by atoms with E-state index in [1.807, 2.05) is 0 Å². The first kappa shape index (κ1) is 17.0. The van der Waals surface area contributed by atoms with Gasteiger partial charge in [0.1, 0.15) is 24.1 Å². The predicted molar refractivity (Wildman–Crippen MR) is 82.4 cm³/mol. The van der Waals surface area contributed by atoms with Gasteiger partial charge < -0.3 is 25.0 Å². The van der Waals surface area contributed by atoms with Gasteiger partial charge in [-0.2, -0.15) is 0 Å². The van der Waals surface area contributed by atoms with Crippen LogP contribution in [0.15, 0.2) is 35.9 Å². The van der Waals surface area contributed by atoms with Gasteiger partial charge in [-0.3, -0.25) is 4.79 Å². The molecule has 4 atom stereocenters. The number of nitrogens with zero attached hydrogens (tertiary/aromatic N) is 1. The van der Waals surface area contributed by atoms with Crippen LogP contribution in [0.5, 0.6) is 0 Å². The highest BCUT2D eigenvalue weighted by atomic mass is 19.1. The highest BCUT2D eigenvalue weighted by Crippen LogP contribution is 2.26. The fourth-order valence-electron chi connectivity index (χ4n) is 3.02. The molecule has 0 aromatic heterocycles. The summed E-state index contributed by atoms with van der Waals surface area (Å²) in [4.78, 5) is 14.2. The second-order valence-electron chi connectivity index (χ2n) is 6.11. The lowest BCUT2D eigenvalue weighted by Crippen LogP contribution is -2.46. The van der Waals surface area contributed by atoms with E-state index in [2.05, 4.69) is 0 Å². The quantitative estimate of drug-likeness (QED) is 0.714. The van der Waals surface area contributed by atoms with Gasteiger partial charge >= 0.3 is 0 Å². The molecule has 0 radical (unpaired) electrons. The van der Waals surface area contributed by atoms with Gasteiger partial charge in [-0.25, -0.2) is 4.39 Å². The number of aliphatic hydroxyl groups excluding tert-OH is 3. The molecule has 24 heavy (non-hydrogen) atoms. The average molecular weight is 337 g/mol. The largest absolute Gasteiger partial charge is 0.390 e. The Balaban J connectivity index is 1.71. The van der Waals surface area contributed by atoms with Crippen molar-refractivity contribution in [1.82, 2.24) is 4.90 Å². The number of carbonyl (C=O) groups excluding carboxylic acids is 1. The van der Waals surface area contributed by atoms with Crippen LogP contribution in [0.25, 0.3) is 0 Å². The van der Waals surface area contributed by atoms with E-state index in [1.54, 1.807) is 17.0 Å². The van der Waals surface area contributed by atoms with Crippen molar-refractivity contribution >= 4 is 5.91 Å². The van der Waals surface area contributed by atoms with Gasteiger partial charge in [0.2, 0.25) is 5.91 Å². The van der Waals surface area contributed by atoms with Crippen LogP contribution in [0, 0.1) is 5.82 Å². The maximum atomic E-state index is 13.0. The monoisotopic (exact) mass is 337 g/mol. The Hall–Kier alpha value is -1.80. The van der Waals surface area contributed by atoms with Gasteiger partial charge in [-0.1, -0.05) is 12.1 Å². The van der Waals surface area contributed by atoms with Crippen molar-refractivity contribution < 1.29 is 29.2 Å². The molecule has 1 fully saturated rings. The maximum Gasteiger partial charge on any atom is 0.249 e. The normalized spacial score (nSPS) is 30.8. The van der Waals surface area contributed by atoms with Crippen LogP contribution in [0.3, 0.4) is 0 Å². The molecule has 1 heterocycles. The Bertz CT molecular complexity index is 632.